The average Bonchev–Trinajstić information content (AvgIpc) is 3.08. The topological polar surface area (TPSA) is 109 Å². The van der Waals surface area contributed by atoms with E-state index in [1.165, 1.54) is 4.90 Å². The molecule has 0 radical (unpaired) electrons. The molecule has 3 rings (SSSR count). The van der Waals surface area contributed by atoms with Crippen molar-refractivity contribution in [3.63, 3.8) is 0 Å². The van der Waals surface area contributed by atoms with Crippen molar-refractivity contribution >= 4 is 22.8 Å². The Bertz CT molecular complexity index is 760. The van der Waals surface area contributed by atoms with Crippen LogP contribution in [0.15, 0.2) is 18.2 Å². The quantitative estimate of drug-likeness (QED) is 0.785. The fourth-order valence-corrected chi connectivity index (χ4v) is 2.59. The summed E-state index contributed by atoms with van der Waals surface area (Å²) in [4.78, 5) is 25.7. The zero-order valence-electron chi connectivity index (χ0n) is 14.2. The standard InChI is InChI=1S/C16H21N5O4/c1-21(2)15(22)9-25-14-5-6-24-8-13(14)17-16(23)10-3-4-11-12(7-10)19-20-18-11/h3-4,7,13-14H,5-6,8-9H2,1-2H3,(H,17,23)(H,18,19,20)/t13-,14+/m1/s1. The molecule has 1 aliphatic rings. The van der Waals surface area contributed by atoms with Gasteiger partial charge in [-0.1, -0.05) is 0 Å². The van der Waals surface area contributed by atoms with Gasteiger partial charge in [0.15, 0.2) is 0 Å². The number of rotatable bonds is 5. The highest BCUT2D eigenvalue weighted by atomic mass is 16.5. The van der Waals surface area contributed by atoms with Crippen LogP contribution in [0.2, 0.25) is 0 Å². The summed E-state index contributed by atoms with van der Waals surface area (Å²) in [5, 5.41) is 13.4. The molecule has 0 saturated carbocycles. The lowest BCUT2D eigenvalue weighted by Gasteiger charge is -2.32. The van der Waals surface area contributed by atoms with Crippen LogP contribution in [0.5, 0.6) is 0 Å². The first-order chi connectivity index (χ1) is 12.0. The molecule has 0 bridgehead atoms. The summed E-state index contributed by atoms with van der Waals surface area (Å²) >= 11 is 0. The van der Waals surface area contributed by atoms with Gasteiger partial charge in [0.2, 0.25) is 5.91 Å². The van der Waals surface area contributed by atoms with E-state index < -0.39 is 0 Å². The normalized spacial score (nSPS) is 20.4. The van der Waals surface area contributed by atoms with Gasteiger partial charge in [0.05, 0.1) is 18.8 Å². The number of ether oxygens (including phenoxy) is 2. The van der Waals surface area contributed by atoms with Crippen LogP contribution in [0.4, 0.5) is 0 Å². The van der Waals surface area contributed by atoms with E-state index in [2.05, 4.69) is 20.7 Å². The van der Waals surface area contributed by atoms with E-state index in [0.717, 1.165) is 0 Å². The Balaban J connectivity index is 1.63. The smallest absolute Gasteiger partial charge is 0.251 e. The number of hydrogen-bond donors (Lipinski definition) is 2. The molecule has 1 fully saturated rings. The number of likely N-dealkylation sites (N-methyl/N-ethyl adjacent to an activating group) is 1. The van der Waals surface area contributed by atoms with E-state index in [1.54, 1.807) is 32.3 Å². The van der Waals surface area contributed by atoms with Crippen LogP contribution in [0, 0.1) is 0 Å². The highest BCUT2D eigenvalue weighted by Crippen LogP contribution is 2.15. The minimum atomic E-state index is -0.316. The number of H-pyrrole nitrogens is 1. The molecule has 2 amide bonds. The van der Waals surface area contributed by atoms with E-state index >= 15 is 0 Å². The lowest BCUT2D eigenvalue weighted by atomic mass is 10.1. The summed E-state index contributed by atoms with van der Waals surface area (Å²) in [5.74, 6) is -0.360. The number of aromatic amines is 1. The minimum absolute atomic E-state index is 0.0189. The van der Waals surface area contributed by atoms with Crippen LogP contribution in [-0.2, 0) is 14.3 Å². The number of aromatic nitrogens is 3. The Labute approximate surface area is 144 Å². The average molecular weight is 347 g/mol. The maximum Gasteiger partial charge on any atom is 0.251 e. The van der Waals surface area contributed by atoms with Crippen molar-refractivity contribution in [3.8, 4) is 0 Å². The summed E-state index contributed by atoms with van der Waals surface area (Å²) in [6, 6.07) is 4.78. The number of benzene rings is 1. The van der Waals surface area contributed by atoms with E-state index in [0.29, 0.717) is 36.2 Å². The summed E-state index contributed by atoms with van der Waals surface area (Å²) in [5.41, 5.74) is 1.80. The minimum Gasteiger partial charge on any atom is -0.379 e. The van der Waals surface area contributed by atoms with Crippen LogP contribution in [0.1, 0.15) is 16.8 Å². The Hall–Kier alpha value is -2.52. The fraction of sp³-hybridized carbons (Fsp3) is 0.500. The summed E-state index contributed by atoms with van der Waals surface area (Å²) in [7, 11) is 3.35. The number of fused-ring (bicyclic) bond motifs is 1. The van der Waals surface area contributed by atoms with Crippen LogP contribution < -0.4 is 5.32 Å². The third-order valence-electron chi connectivity index (χ3n) is 4.11. The van der Waals surface area contributed by atoms with E-state index in [4.69, 9.17) is 9.47 Å². The predicted octanol–water partition coefficient (Wildman–Crippen LogP) is -0.0500. The summed E-state index contributed by atoms with van der Waals surface area (Å²) in [6.45, 7) is 0.867. The number of amides is 2. The number of carbonyl (C=O) groups excluding carboxylic acids is 2. The number of carbonyl (C=O) groups is 2. The molecule has 2 N–H and O–H groups in total. The zero-order valence-corrected chi connectivity index (χ0v) is 14.2. The lowest BCUT2D eigenvalue weighted by Crippen LogP contribution is -2.51. The third-order valence-corrected chi connectivity index (χ3v) is 4.11. The molecule has 9 nitrogen and oxygen atoms in total. The van der Waals surface area contributed by atoms with E-state index in [9.17, 15) is 9.59 Å². The number of nitrogens with zero attached hydrogens (tertiary/aromatic N) is 3. The maximum absolute atomic E-state index is 12.5. The first kappa shape index (κ1) is 17.3. The van der Waals surface area contributed by atoms with Gasteiger partial charge in [-0.3, -0.25) is 9.59 Å². The van der Waals surface area contributed by atoms with Gasteiger partial charge in [0.25, 0.3) is 5.91 Å². The molecule has 1 saturated heterocycles. The molecule has 25 heavy (non-hydrogen) atoms. The Morgan fingerprint density at radius 2 is 2.16 bits per heavy atom. The molecule has 2 heterocycles. The highest BCUT2D eigenvalue weighted by Gasteiger charge is 2.29. The lowest BCUT2D eigenvalue weighted by molar-refractivity contribution is -0.138. The molecule has 9 heteroatoms. The number of nitrogens with one attached hydrogen (secondary N) is 2. The molecule has 1 aromatic carbocycles. The molecule has 1 aromatic heterocycles. The van der Waals surface area contributed by atoms with Gasteiger partial charge in [-0.05, 0) is 24.6 Å². The molecule has 0 aliphatic carbocycles. The van der Waals surface area contributed by atoms with Crippen LogP contribution in [0.3, 0.4) is 0 Å². The molecule has 0 unspecified atom stereocenters. The van der Waals surface area contributed by atoms with Crippen molar-refractivity contribution in [2.24, 2.45) is 0 Å². The van der Waals surface area contributed by atoms with Crippen LogP contribution in [0.25, 0.3) is 11.0 Å². The van der Waals surface area contributed by atoms with Crippen molar-refractivity contribution in [3.05, 3.63) is 23.8 Å². The molecule has 1 aliphatic heterocycles. The molecular weight excluding hydrogens is 326 g/mol. The van der Waals surface area contributed by atoms with Crippen LogP contribution in [-0.4, -0.2) is 78.2 Å². The van der Waals surface area contributed by atoms with E-state index in [1.807, 2.05) is 0 Å². The van der Waals surface area contributed by atoms with Crippen molar-refractivity contribution < 1.29 is 19.1 Å². The largest absolute Gasteiger partial charge is 0.379 e. The Kier molecular flexibility index (Phi) is 5.25. The Morgan fingerprint density at radius 3 is 2.96 bits per heavy atom. The Morgan fingerprint density at radius 1 is 1.36 bits per heavy atom. The fourth-order valence-electron chi connectivity index (χ4n) is 2.59. The first-order valence-corrected chi connectivity index (χ1v) is 8.05. The van der Waals surface area contributed by atoms with Gasteiger partial charge in [0.1, 0.15) is 17.6 Å². The van der Waals surface area contributed by atoms with Gasteiger partial charge in [0, 0.05) is 26.3 Å². The summed E-state index contributed by atoms with van der Waals surface area (Å²) < 4.78 is 11.1. The second-order valence-electron chi connectivity index (χ2n) is 6.11. The summed E-state index contributed by atoms with van der Waals surface area (Å²) in [6.07, 6.45) is 0.353. The third kappa shape index (κ3) is 4.12. The van der Waals surface area contributed by atoms with Gasteiger partial charge in [-0.25, -0.2) is 0 Å². The van der Waals surface area contributed by atoms with Crippen molar-refractivity contribution in [2.75, 3.05) is 33.9 Å². The van der Waals surface area contributed by atoms with Crippen LogP contribution >= 0.6 is 0 Å². The van der Waals surface area contributed by atoms with Gasteiger partial charge < -0.3 is 19.7 Å². The van der Waals surface area contributed by atoms with Gasteiger partial charge in [-0.2, -0.15) is 15.4 Å². The molecule has 134 valence electrons. The predicted molar refractivity (Wildman–Crippen MR) is 89.0 cm³/mol. The highest BCUT2D eigenvalue weighted by molar-refractivity contribution is 5.97. The molecule has 0 spiro atoms. The van der Waals surface area contributed by atoms with Crippen molar-refractivity contribution in [1.29, 1.82) is 0 Å². The SMILES string of the molecule is CN(C)C(=O)CO[C@H]1CCOC[C@H]1NC(=O)c1ccc2n[nH]nc2c1. The van der Waals surface area contributed by atoms with Gasteiger partial charge in [-0.15, -0.1) is 0 Å². The second kappa shape index (κ2) is 7.58. The second-order valence-corrected chi connectivity index (χ2v) is 6.11. The molecule has 2 aromatic rings. The first-order valence-electron chi connectivity index (χ1n) is 8.05. The maximum atomic E-state index is 12.5. The number of hydrogen-bond acceptors (Lipinski definition) is 6. The van der Waals surface area contributed by atoms with E-state index in [-0.39, 0.29) is 30.6 Å². The molecular formula is C16H21N5O4. The van der Waals surface area contributed by atoms with Gasteiger partial charge >= 0.3 is 0 Å². The molecule has 2 atom stereocenters. The monoisotopic (exact) mass is 347 g/mol. The zero-order chi connectivity index (χ0) is 17.8. The van der Waals surface area contributed by atoms with Crippen molar-refractivity contribution in [1.82, 2.24) is 25.6 Å². The van der Waals surface area contributed by atoms with Crippen molar-refractivity contribution in [2.45, 2.75) is 18.6 Å².